The van der Waals surface area contributed by atoms with Gasteiger partial charge in [-0.1, -0.05) is 25.1 Å². The molecule has 2 aromatic rings. The van der Waals surface area contributed by atoms with Crippen molar-refractivity contribution in [1.29, 1.82) is 0 Å². The largest absolute Gasteiger partial charge is 0.356 e. The number of benzene rings is 1. The van der Waals surface area contributed by atoms with Crippen molar-refractivity contribution in [3.8, 4) is 0 Å². The summed E-state index contributed by atoms with van der Waals surface area (Å²) in [6.07, 6.45) is 5.35. The minimum Gasteiger partial charge on any atom is -0.356 e. The molecule has 4 nitrogen and oxygen atoms in total. The Bertz CT molecular complexity index is 618. The highest BCUT2D eigenvalue weighted by molar-refractivity contribution is 5.63. The highest BCUT2D eigenvalue weighted by atomic mass is 15.2. The molecule has 0 radical (unpaired) electrons. The molecule has 1 aromatic carbocycles. The van der Waals surface area contributed by atoms with Gasteiger partial charge in [-0.05, 0) is 43.4 Å². The van der Waals surface area contributed by atoms with Crippen LogP contribution in [0.3, 0.4) is 0 Å². The second-order valence-corrected chi connectivity index (χ2v) is 5.52. The Balaban J connectivity index is 1.86. The van der Waals surface area contributed by atoms with Gasteiger partial charge in [-0.2, -0.15) is 4.98 Å². The standard InChI is InChI=1S/C17H22N4/c1-3-14-8-6-7-13(2)16(14)20-17-18-10-9-15(19-17)21-11-4-5-12-21/h6-10H,3-5,11-12H2,1-2H3,(H,18,19,20). The summed E-state index contributed by atoms with van der Waals surface area (Å²) in [5.74, 6) is 1.71. The Labute approximate surface area is 126 Å². The lowest BCUT2D eigenvalue weighted by molar-refractivity contribution is 0.929. The van der Waals surface area contributed by atoms with Crippen molar-refractivity contribution in [1.82, 2.24) is 9.97 Å². The lowest BCUT2D eigenvalue weighted by Crippen LogP contribution is -2.19. The van der Waals surface area contributed by atoms with Crippen LogP contribution in [0.25, 0.3) is 0 Å². The van der Waals surface area contributed by atoms with Crippen molar-refractivity contribution in [3.05, 3.63) is 41.6 Å². The van der Waals surface area contributed by atoms with Crippen LogP contribution < -0.4 is 10.2 Å². The maximum atomic E-state index is 4.67. The zero-order valence-electron chi connectivity index (χ0n) is 12.8. The Hall–Kier alpha value is -2.10. The van der Waals surface area contributed by atoms with Gasteiger partial charge in [0.25, 0.3) is 0 Å². The third-order valence-electron chi connectivity index (χ3n) is 4.05. The van der Waals surface area contributed by atoms with Crippen LogP contribution in [0, 0.1) is 6.92 Å². The first-order valence-electron chi connectivity index (χ1n) is 7.71. The molecule has 1 N–H and O–H groups in total. The topological polar surface area (TPSA) is 41.1 Å². The Kier molecular flexibility index (Phi) is 4.04. The van der Waals surface area contributed by atoms with Gasteiger partial charge >= 0.3 is 0 Å². The number of rotatable bonds is 4. The van der Waals surface area contributed by atoms with Gasteiger partial charge in [-0.3, -0.25) is 0 Å². The maximum absolute atomic E-state index is 4.67. The van der Waals surface area contributed by atoms with Gasteiger partial charge in [0.2, 0.25) is 5.95 Å². The summed E-state index contributed by atoms with van der Waals surface area (Å²) in [4.78, 5) is 11.4. The van der Waals surface area contributed by atoms with E-state index in [1.165, 1.54) is 24.0 Å². The molecule has 0 atom stereocenters. The Morgan fingerprint density at radius 1 is 1.19 bits per heavy atom. The summed E-state index contributed by atoms with van der Waals surface area (Å²) in [6.45, 7) is 6.48. The normalized spacial score (nSPS) is 14.5. The predicted octanol–water partition coefficient (Wildman–Crippen LogP) is 3.69. The first-order valence-corrected chi connectivity index (χ1v) is 7.71. The molecular weight excluding hydrogens is 260 g/mol. The molecule has 0 aliphatic carbocycles. The quantitative estimate of drug-likeness (QED) is 0.928. The third-order valence-corrected chi connectivity index (χ3v) is 4.05. The molecule has 1 aromatic heterocycles. The van der Waals surface area contributed by atoms with E-state index >= 15 is 0 Å². The van der Waals surface area contributed by atoms with Gasteiger partial charge in [0, 0.05) is 25.0 Å². The van der Waals surface area contributed by atoms with Crippen LogP contribution in [0.5, 0.6) is 0 Å². The minimum absolute atomic E-state index is 0.684. The van der Waals surface area contributed by atoms with E-state index in [2.05, 4.69) is 52.2 Å². The van der Waals surface area contributed by atoms with Gasteiger partial charge in [-0.15, -0.1) is 0 Å². The smallest absolute Gasteiger partial charge is 0.229 e. The second kappa shape index (κ2) is 6.12. The first-order chi connectivity index (χ1) is 10.3. The van der Waals surface area contributed by atoms with Crippen LogP contribution in [0.15, 0.2) is 30.5 Å². The molecule has 0 amide bonds. The molecule has 1 saturated heterocycles. The van der Waals surface area contributed by atoms with Crippen molar-refractivity contribution in [2.24, 2.45) is 0 Å². The van der Waals surface area contributed by atoms with E-state index in [0.717, 1.165) is 31.0 Å². The van der Waals surface area contributed by atoms with Crippen LogP contribution in [0.2, 0.25) is 0 Å². The van der Waals surface area contributed by atoms with Crippen LogP contribution >= 0.6 is 0 Å². The highest BCUT2D eigenvalue weighted by Gasteiger charge is 2.14. The van der Waals surface area contributed by atoms with E-state index in [1.807, 2.05) is 12.3 Å². The number of anilines is 3. The molecule has 21 heavy (non-hydrogen) atoms. The molecule has 2 heterocycles. The van der Waals surface area contributed by atoms with Crippen LogP contribution in [0.1, 0.15) is 30.9 Å². The first kappa shape index (κ1) is 13.9. The molecule has 0 saturated carbocycles. The fourth-order valence-corrected chi connectivity index (χ4v) is 2.85. The third kappa shape index (κ3) is 2.99. The number of nitrogens with one attached hydrogen (secondary N) is 1. The summed E-state index contributed by atoms with van der Waals surface area (Å²) in [5, 5.41) is 3.41. The van der Waals surface area contributed by atoms with Crippen LogP contribution in [-0.4, -0.2) is 23.1 Å². The molecular formula is C17H22N4. The second-order valence-electron chi connectivity index (χ2n) is 5.52. The Morgan fingerprint density at radius 3 is 2.76 bits per heavy atom. The van der Waals surface area contributed by atoms with Crippen LogP contribution in [-0.2, 0) is 6.42 Å². The Morgan fingerprint density at radius 2 is 2.00 bits per heavy atom. The average Bonchev–Trinajstić information content (AvgIpc) is 3.04. The van der Waals surface area contributed by atoms with E-state index in [9.17, 15) is 0 Å². The number of hydrogen-bond donors (Lipinski definition) is 1. The summed E-state index contributed by atoms with van der Waals surface area (Å²) in [7, 11) is 0. The average molecular weight is 282 g/mol. The van der Waals surface area contributed by atoms with Crippen molar-refractivity contribution < 1.29 is 0 Å². The van der Waals surface area contributed by atoms with E-state index in [4.69, 9.17) is 0 Å². The van der Waals surface area contributed by atoms with Gasteiger partial charge in [0.1, 0.15) is 5.82 Å². The fourth-order valence-electron chi connectivity index (χ4n) is 2.85. The van der Waals surface area contributed by atoms with Gasteiger partial charge < -0.3 is 10.2 Å². The number of nitrogens with zero attached hydrogens (tertiary/aromatic N) is 3. The van der Waals surface area contributed by atoms with E-state index in [0.29, 0.717) is 5.95 Å². The van der Waals surface area contributed by atoms with Crippen molar-refractivity contribution in [3.63, 3.8) is 0 Å². The summed E-state index contributed by atoms with van der Waals surface area (Å²) < 4.78 is 0. The molecule has 0 bridgehead atoms. The van der Waals surface area contributed by atoms with Crippen molar-refractivity contribution in [2.75, 3.05) is 23.3 Å². The molecule has 4 heteroatoms. The molecule has 1 aliphatic rings. The minimum atomic E-state index is 0.684. The van der Waals surface area contributed by atoms with Gasteiger partial charge in [-0.25, -0.2) is 4.98 Å². The van der Waals surface area contributed by atoms with E-state index in [-0.39, 0.29) is 0 Å². The van der Waals surface area contributed by atoms with Crippen molar-refractivity contribution >= 4 is 17.5 Å². The predicted molar refractivity (Wildman–Crippen MR) is 87.3 cm³/mol. The lowest BCUT2D eigenvalue weighted by atomic mass is 10.1. The summed E-state index contributed by atoms with van der Waals surface area (Å²) in [6, 6.07) is 8.36. The molecule has 1 fully saturated rings. The summed E-state index contributed by atoms with van der Waals surface area (Å²) >= 11 is 0. The molecule has 3 rings (SSSR count). The number of aromatic nitrogens is 2. The molecule has 0 unspecified atom stereocenters. The monoisotopic (exact) mass is 282 g/mol. The number of hydrogen-bond acceptors (Lipinski definition) is 4. The number of para-hydroxylation sites is 1. The zero-order chi connectivity index (χ0) is 14.7. The van der Waals surface area contributed by atoms with E-state index < -0.39 is 0 Å². The molecule has 110 valence electrons. The highest BCUT2D eigenvalue weighted by Crippen LogP contribution is 2.25. The van der Waals surface area contributed by atoms with Crippen LogP contribution in [0.4, 0.5) is 17.5 Å². The molecule has 0 spiro atoms. The number of aryl methyl sites for hydroxylation is 2. The van der Waals surface area contributed by atoms with E-state index in [1.54, 1.807) is 0 Å². The maximum Gasteiger partial charge on any atom is 0.229 e. The van der Waals surface area contributed by atoms with Gasteiger partial charge in [0.15, 0.2) is 0 Å². The SMILES string of the molecule is CCc1cccc(C)c1Nc1nccc(N2CCCC2)n1. The zero-order valence-corrected chi connectivity index (χ0v) is 12.8. The summed E-state index contributed by atoms with van der Waals surface area (Å²) in [5.41, 5.74) is 3.66. The molecule has 1 aliphatic heterocycles. The lowest BCUT2D eigenvalue weighted by Gasteiger charge is -2.18. The van der Waals surface area contributed by atoms with Gasteiger partial charge in [0.05, 0.1) is 0 Å². The van der Waals surface area contributed by atoms with Crippen molar-refractivity contribution in [2.45, 2.75) is 33.1 Å². The fraction of sp³-hybridized carbons (Fsp3) is 0.412.